The highest BCUT2D eigenvalue weighted by molar-refractivity contribution is 9.10. The summed E-state index contributed by atoms with van der Waals surface area (Å²) < 4.78 is -0.771. The number of aryl methyl sites for hydroxylation is 1. The predicted molar refractivity (Wildman–Crippen MR) is 77.9 cm³/mol. The monoisotopic (exact) mass is 320 g/mol. The van der Waals surface area contributed by atoms with E-state index in [0.29, 0.717) is 5.82 Å². The number of anilines is 1. The standard InChI is InChI=1S/C13H13BrN4O/c1-8-6-11(18-17-8)15-13(14)7-9-4-2-3-5-10(9)12(19)16-13/h2-7,16,19H,1H3,(H2,15,17,18). The number of H-pyrrole nitrogens is 1. The zero-order valence-electron chi connectivity index (χ0n) is 10.2. The third-order valence-electron chi connectivity index (χ3n) is 2.89. The lowest BCUT2D eigenvalue weighted by molar-refractivity contribution is 0.445. The molecule has 1 aliphatic rings. The smallest absolute Gasteiger partial charge is 0.194 e. The first kappa shape index (κ1) is 12.1. The molecule has 1 aromatic heterocycles. The van der Waals surface area contributed by atoms with Crippen LogP contribution in [0.4, 0.5) is 5.82 Å². The van der Waals surface area contributed by atoms with Crippen molar-refractivity contribution in [1.29, 1.82) is 0 Å². The van der Waals surface area contributed by atoms with Gasteiger partial charge >= 0.3 is 0 Å². The largest absolute Gasteiger partial charge is 0.494 e. The Morgan fingerprint density at radius 3 is 2.89 bits per heavy atom. The van der Waals surface area contributed by atoms with E-state index in [2.05, 4.69) is 36.8 Å². The first-order valence-corrected chi connectivity index (χ1v) is 6.63. The number of nitrogens with zero attached hydrogens (tertiary/aromatic N) is 1. The molecule has 1 aromatic carbocycles. The van der Waals surface area contributed by atoms with Crippen LogP contribution in [0.1, 0.15) is 5.69 Å². The van der Waals surface area contributed by atoms with E-state index in [-0.39, 0.29) is 5.88 Å². The number of aromatic amines is 1. The van der Waals surface area contributed by atoms with Crippen LogP contribution >= 0.6 is 15.9 Å². The number of halogens is 1. The van der Waals surface area contributed by atoms with Gasteiger partial charge in [-0.2, -0.15) is 5.10 Å². The minimum atomic E-state index is -0.771. The Labute approximate surface area is 118 Å². The molecule has 19 heavy (non-hydrogen) atoms. The van der Waals surface area contributed by atoms with Gasteiger partial charge in [0, 0.05) is 17.0 Å². The van der Waals surface area contributed by atoms with Crippen LogP contribution in [0.3, 0.4) is 0 Å². The second-order valence-corrected chi connectivity index (χ2v) is 5.73. The molecule has 0 fully saturated rings. The minimum Gasteiger partial charge on any atom is -0.494 e. The van der Waals surface area contributed by atoms with Gasteiger partial charge in [0.2, 0.25) is 0 Å². The van der Waals surface area contributed by atoms with Crippen molar-refractivity contribution in [2.24, 2.45) is 0 Å². The van der Waals surface area contributed by atoms with E-state index in [4.69, 9.17) is 0 Å². The van der Waals surface area contributed by atoms with Gasteiger partial charge in [0.15, 0.2) is 16.3 Å². The summed E-state index contributed by atoms with van der Waals surface area (Å²) in [5.74, 6) is 0.806. The Hall–Kier alpha value is -1.95. The summed E-state index contributed by atoms with van der Waals surface area (Å²) >= 11 is 3.54. The number of hydrogen-bond acceptors (Lipinski definition) is 4. The zero-order chi connectivity index (χ0) is 13.5. The fourth-order valence-corrected chi connectivity index (χ4v) is 2.70. The van der Waals surface area contributed by atoms with Crippen molar-refractivity contribution >= 4 is 33.7 Å². The molecule has 2 aromatic rings. The Morgan fingerprint density at radius 2 is 2.16 bits per heavy atom. The number of nitrogens with one attached hydrogen (secondary N) is 3. The van der Waals surface area contributed by atoms with Gasteiger partial charge in [-0.25, -0.2) is 0 Å². The number of benzene rings is 1. The van der Waals surface area contributed by atoms with Gasteiger partial charge in [-0.3, -0.25) is 5.10 Å². The molecule has 98 valence electrons. The van der Waals surface area contributed by atoms with Gasteiger partial charge in [-0.05, 0) is 40.2 Å². The lowest BCUT2D eigenvalue weighted by Gasteiger charge is -2.29. The Kier molecular flexibility index (Phi) is 2.74. The van der Waals surface area contributed by atoms with Crippen molar-refractivity contribution in [1.82, 2.24) is 15.5 Å². The number of fused-ring (bicyclic) bond motifs is 1. The summed E-state index contributed by atoms with van der Waals surface area (Å²) in [4.78, 5) is 0. The summed E-state index contributed by atoms with van der Waals surface area (Å²) in [6, 6.07) is 9.51. The SMILES string of the molecule is Cc1cc(NC2(Br)C=c3ccccc3=C(O)N2)n[nH]1. The fourth-order valence-electron chi connectivity index (χ4n) is 2.06. The van der Waals surface area contributed by atoms with Crippen molar-refractivity contribution in [3.63, 3.8) is 0 Å². The lowest BCUT2D eigenvalue weighted by Crippen LogP contribution is -2.52. The molecule has 0 amide bonds. The number of alkyl halides is 1. The number of aromatic nitrogens is 2. The predicted octanol–water partition coefficient (Wildman–Crippen LogP) is 0.886. The van der Waals surface area contributed by atoms with Gasteiger partial charge in [0.25, 0.3) is 0 Å². The van der Waals surface area contributed by atoms with Crippen LogP contribution in [0.15, 0.2) is 30.3 Å². The number of aliphatic hydroxyl groups is 1. The molecule has 6 heteroatoms. The molecule has 1 atom stereocenters. The summed E-state index contributed by atoms with van der Waals surface area (Å²) in [6.45, 7) is 1.93. The molecular weight excluding hydrogens is 308 g/mol. The Morgan fingerprint density at radius 1 is 1.37 bits per heavy atom. The molecule has 0 bridgehead atoms. The summed E-state index contributed by atoms with van der Waals surface area (Å²) in [7, 11) is 0. The molecule has 4 N–H and O–H groups in total. The van der Waals surface area contributed by atoms with Crippen LogP contribution in [0.2, 0.25) is 0 Å². The van der Waals surface area contributed by atoms with Gasteiger partial charge in [0.1, 0.15) is 0 Å². The normalized spacial score (nSPS) is 21.3. The minimum absolute atomic E-state index is 0.120. The van der Waals surface area contributed by atoms with Crippen molar-refractivity contribution in [3.05, 3.63) is 46.5 Å². The van der Waals surface area contributed by atoms with Gasteiger partial charge < -0.3 is 15.7 Å². The summed E-state index contributed by atoms with van der Waals surface area (Å²) in [5.41, 5.74) is 0.961. The molecule has 0 saturated heterocycles. The van der Waals surface area contributed by atoms with Crippen LogP contribution < -0.4 is 21.1 Å². The molecule has 1 aliphatic heterocycles. The van der Waals surface area contributed by atoms with E-state index in [1.807, 2.05) is 43.3 Å². The van der Waals surface area contributed by atoms with E-state index in [9.17, 15) is 5.11 Å². The molecule has 0 radical (unpaired) electrons. The van der Waals surface area contributed by atoms with Gasteiger partial charge in [0.05, 0.1) is 0 Å². The number of hydrogen-bond donors (Lipinski definition) is 4. The average Bonchev–Trinajstić information content (AvgIpc) is 2.73. The topological polar surface area (TPSA) is 73.0 Å². The number of rotatable bonds is 2. The first-order chi connectivity index (χ1) is 9.06. The molecule has 5 nitrogen and oxygen atoms in total. The number of aliphatic hydroxyl groups excluding tert-OH is 1. The second kappa shape index (κ2) is 4.31. The molecule has 0 saturated carbocycles. The molecule has 0 aliphatic carbocycles. The highest BCUT2D eigenvalue weighted by atomic mass is 79.9. The van der Waals surface area contributed by atoms with Crippen LogP contribution in [0.5, 0.6) is 0 Å². The van der Waals surface area contributed by atoms with Crippen molar-refractivity contribution in [2.75, 3.05) is 5.32 Å². The van der Waals surface area contributed by atoms with Crippen LogP contribution in [0.25, 0.3) is 12.0 Å². The van der Waals surface area contributed by atoms with Crippen molar-refractivity contribution < 1.29 is 5.11 Å². The molecule has 2 heterocycles. The summed E-state index contributed by atoms with van der Waals surface area (Å²) in [5, 5.41) is 24.9. The maximum absolute atomic E-state index is 10.1. The Bertz CT molecular complexity index is 739. The van der Waals surface area contributed by atoms with Crippen molar-refractivity contribution in [3.8, 4) is 0 Å². The average molecular weight is 321 g/mol. The molecule has 1 unspecified atom stereocenters. The summed E-state index contributed by atoms with van der Waals surface area (Å²) in [6.07, 6.45) is 1.95. The molecule has 0 spiro atoms. The maximum Gasteiger partial charge on any atom is 0.194 e. The van der Waals surface area contributed by atoms with E-state index >= 15 is 0 Å². The van der Waals surface area contributed by atoms with Gasteiger partial charge in [-0.15, -0.1) is 0 Å². The third-order valence-corrected chi connectivity index (χ3v) is 3.51. The fraction of sp³-hybridized carbons (Fsp3) is 0.154. The van der Waals surface area contributed by atoms with Gasteiger partial charge in [-0.1, -0.05) is 18.2 Å². The third kappa shape index (κ3) is 2.31. The van der Waals surface area contributed by atoms with Crippen molar-refractivity contribution in [2.45, 2.75) is 11.5 Å². The van der Waals surface area contributed by atoms with E-state index in [1.54, 1.807) is 0 Å². The van der Waals surface area contributed by atoms with E-state index in [0.717, 1.165) is 16.1 Å². The zero-order valence-corrected chi connectivity index (χ0v) is 11.8. The quantitative estimate of drug-likeness (QED) is 0.490. The second-order valence-electron chi connectivity index (χ2n) is 4.48. The lowest BCUT2D eigenvalue weighted by atomic mass is 10.2. The first-order valence-electron chi connectivity index (χ1n) is 5.84. The van der Waals surface area contributed by atoms with Crippen LogP contribution in [-0.4, -0.2) is 19.9 Å². The van der Waals surface area contributed by atoms with E-state index in [1.165, 1.54) is 0 Å². The highest BCUT2D eigenvalue weighted by Gasteiger charge is 2.27. The molecule has 3 rings (SSSR count). The molecular formula is C13H13BrN4O. The van der Waals surface area contributed by atoms with Crippen LogP contribution in [-0.2, 0) is 0 Å². The highest BCUT2D eigenvalue weighted by Crippen LogP contribution is 2.21. The Balaban J connectivity index is 2.02. The van der Waals surface area contributed by atoms with Crippen LogP contribution in [0, 0.1) is 6.92 Å². The van der Waals surface area contributed by atoms with E-state index < -0.39 is 4.57 Å². The maximum atomic E-state index is 10.1.